The molecule has 1 unspecified atom stereocenters. The van der Waals surface area contributed by atoms with Gasteiger partial charge in [-0.25, -0.2) is 0 Å². The largest absolute Gasteiger partial charge is 0.494 e. The Balaban J connectivity index is 1.46. The number of piperazine rings is 1. The van der Waals surface area contributed by atoms with Crippen LogP contribution in [0, 0.1) is 0 Å². The zero-order chi connectivity index (χ0) is 18.4. The van der Waals surface area contributed by atoms with Crippen LogP contribution in [0.25, 0.3) is 0 Å². The molecule has 1 aliphatic heterocycles. The average Bonchev–Trinajstić information content (AvgIpc) is 3.16. The average molecular weight is 374 g/mol. The number of anilines is 1. The first-order valence-corrected chi connectivity index (χ1v) is 10.1. The smallest absolute Gasteiger partial charge is 0.241 e. The molecule has 0 aliphatic carbocycles. The molecule has 1 fully saturated rings. The van der Waals surface area contributed by atoms with E-state index in [9.17, 15) is 4.79 Å². The first-order valence-electron chi connectivity index (χ1n) is 9.18. The molecule has 3 rings (SSSR count). The Bertz CT molecular complexity index is 680. The van der Waals surface area contributed by atoms with Gasteiger partial charge in [0.1, 0.15) is 5.75 Å². The zero-order valence-electron chi connectivity index (χ0n) is 15.5. The van der Waals surface area contributed by atoms with Gasteiger partial charge in [-0.05, 0) is 49.6 Å². The lowest BCUT2D eigenvalue weighted by Crippen LogP contribution is -2.52. The van der Waals surface area contributed by atoms with Gasteiger partial charge in [0.2, 0.25) is 5.91 Å². The highest BCUT2D eigenvalue weighted by Gasteiger charge is 2.25. The molecule has 1 aliphatic rings. The summed E-state index contributed by atoms with van der Waals surface area (Å²) >= 11 is 1.81. The third kappa shape index (κ3) is 5.06. The van der Waals surface area contributed by atoms with Gasteiger partial charge in [-0.2, -0.15) is 0 Å². The number of hydrogen-bond donors (Lipinski definition) is 1. The molecule has 0 saturated carbocycles. The third-order valence-electron chi connectivity index (χ3n) is 4.73. The minimum absolute atomic E-state index is 0.0425. The minimum Gasteiger partial charge on any atom is -0.494 e. The van der Waals surface area contributed by atoms with E-state index in [4.69, 9.17) is 4.74 Å². The summed E-state index contributed by atoms with van der Waals surface area (Å²) in [5, 5.41) is 5.13. The van der Waals surface area contributed by atoms with Gasteiger partial charge in [0, 0.05) is 43.3 Å². The SMILES string of the molecule is CCOc1ccc(NC(=O)C(C)N2CCN(Cc3cccs3)CC2)cc1. The van der Waals surface area contributed by atoms with E-state index in [-0.39, 0.29) is 11.9 Å². The van der Waals surface area contributed by atoms with E-state index < -0.39 is 0 Å². The predicted molar refractivity (Wildman–Crippen MR) is 107 cm³/mol. The Hall–Kier alpha value is -1.89. The molecular formula is C20H27N3O2S. The lowest BCUT2D eigenvalue weighted by Gasteiger charge is -2.37. The molecule has 1 amide bonds. The van der Waals surface area contributed by atoms with E-state index in [1.165, 1.54) is 4.88 Å². The van der Waals surface area contributed by atoms with Crippen molar-refractivity contribution in [3.63, 3.8) is 0 Å². The molecule has 2 aromatic rings. The Morgan fingerprint density at radius 2 is 1.92 bits per heavy atom. The van der Waals surface area contributed by atoms with Crippen LogP contribution in [0.3, 0.4) is 0 Å². The quantitative estimate of drug-likeness (QED) is 0.809. The van der Waals surface area contributed by atoms with Crippen molar-refractivity contribution in [1.82, 2.24) is 9.80 Å². The highest BCUT2D eigenvalue weighted by atomic mass is 32.1. The molecule has 6 heteroatoms. The maximum absolute atomic E-state index is 12.6. The van der Waals surface area contributed by atoms with Crippen LogP contribution < -0.4 is 10.1 Å². The third-order valence-corrected chi connectivity index (χ3v) is 5.59. The Kier molecular flexibility index (Phi) is 6.66. The van der Waals surface area contributed by atoms with E-state index in [2.05, 4.69) is 32.6 Å². The molecule has 1 aromatic heterocycles. The van der Waals surface area contributed by atoms with Crippen molar-refractivity contribution in [3.8, 4) is 5.75 Å². The Morgan fingerprint density at radius 1 is 1.19 bits per heavy atom. The Morgan fingerprint density at radius 3 is 2.54 bits per heavy atom. The molecule has 140 valence electrons. The minimum atomic E-state index is -0.134. The molecule has 1 atom stereocenters. The number of carbonyl (C=O) groups excluding carboxylic acids is 1. The number of thiophene rings is 1. The number of nitrogens with zero attached hydrogens (tertiary/aromatic N) is 2. The maximum Gasteiger partial charge on any atom is 0.241 e. The first kappa shape index (κ1) is 18.9. The van der Waals surface area contributed by atoms with Crippen molar-refractivity contribution in [1.29, 1.82) is 0 Å². The molecule has 1 saturated heterocycles. The van der Waals surface area contributed by atoms with Crippen LogP contribution in [-0.2, 0) is 11.3 Å². The van der Waals surface area contributed by atoms with Crippen molar-refractivity contribution in [2.45, 2.75) is 26.4 Å². The van der Waals surface area contributed by atoms with Gasteiger partial charge >= 0.3 is 0 Å². The fourth-order valence-electron chi connectivity index (χ4n) is 3.15. The van der Waals surface area contributed by atoms with Crippen LogP contribution in [0.5, 0.6) is 5.75 Å². The van der Waals surface area contributed by atoms with Gasteiger partial charge in [-0.3, -0.25) is 14.6 Å². The zero-order valence-corrected chi connectivity index (χ0v) is 16.3. The molecule has 0 spiro atoms. The number of benzene rings is 1. The number of hydrogen-bond acceptors (Lipinski definition) is 5. The van der Waals surface area contributed by atoms with Gasteiger partial charge in [-0.1, -0.05) is 6.07 Å². The summed E-state index contributed by atoms with van der Waals surface area (Å²) in [7, 11) is 0. The van der Waals surface area contributed by atoms with Crippen molar-refractivity contribution >= 4 is 22.9 Å². The van der Waals surface area contributed by atoms with E-state index in [0.717, 1.165) is 44.2 Å². The lowest BCUT2D eigenvalue weighted by atomic mass is 10.2. The second kappa shape index (κ2) is 9.16. The van der Waals surface area contributed by atoms with Crippen LogP contribution in [0.15, 0.2) is 41.8 Å². The molecular weight excluding hydrogens is 346 g/mol. The summed E-state index contributed by atoms with van der Waals surface area (Å²) in [5.74, 6) is 0.862. The van der Waals surface area contributed by atoms with Gasteiger partial charge < -0.3 is 10.1 Å². The molecule has 2 heterocycles. The summed E-state index contributed by atoms with van der Waals surface area (Å²) in [4.78, 5) is 18.7. The van der Waals surface area contributed by atoms with Gasteiger partial charge in [0.15, 0.2) is 0 Å². The van der Waals surface area contributed by atoms with Crippen molar-refractivity contribution in [2.24, 2.45) is 0 Å². The number of rotatable bonds is 7. The van der Waals surface area contributed by atoms with Crippen LogP contribution in [0.2, 0.25) is 0 Å². The fraction of sp³-hybridized carbons (Fsp3) is 0.450. The first-order chi connectivity index (χ1) is 12.7. The fourth-order valence-corrected chi connectivity index (χ4v) is 3.89. The van der Waals surface area contributed by atoms with E-state index in [0.29, 0.717) is 6.61 Å². The summed E-state index contributed by atoms with van der Waals surface area (Å²) in [6.07, 6.45) is 0. The summed E-state index contributed by atoms with van der Waals surface area (Å²) in [6, 6.07) is 11.7. The summed E-state index contributed by atoms with van der Waals surface area (Å²) < 4.78 is 5.43. The van der Waals surface area contributed by atoms with E-state index >= 15 is 0 Å². The lowest BCUT2D eigenvalue weighted by molar-refractivity contribution is -0.121. The predicted octanol–water partition coefficient (Wildman–Crippen LogP) is 3.29. The molecule has 1 aromatic carbocycles. The second-order valence-electron chi connectivity index (χ2n) is 6.51. The van der Waals surface area contributed by atoms with E-state index in [1.54, 1.807) is 11.3 Å². The normalized spacial score (nSPS) is 17.0. The standard InChI is InChI=1S/C20H27N3O2S/c1-3-25-18-8-6-17(7-9-18)21-20(24)16(2)23-12-10-22(11-13-23)15-19-5-4-14-26-19/h4-9,14,16H,3,10-13,15H2,1-2H3,(H,21,24). The van der Waals surface area contributed by atoms with Gasteiger partial charge in [0.05, 0.1) is 12.6 Å². The highest BCUT2D eigenvalue weighted by molar-refractivity contribution is 7.09. The van der Waals surface area contributed by atoms with Crippen LogP contribution >= 0.6 is 11.3 Å². The van der Waals surface area contributed by atoms with Gasteiger partial charge in [0.25, 0.3) is 0 Å². The topological polar surface area (TPSA) is 44.8 Å². The van der Waals surface area contributed by atoms with Crippen molar-refractivity contribution < 1.29 is 9.53 Å². The monoisotopic (exact) mass is 373 g/mol. The van der Waals surface area contributed by atoms with Crippen LogP contribution in [0.4, 0.5) is 5.69 Å². The molecule has 1 N–H and O–H groups in total. The molecule has 5 nitrogen and oxygen atoms in total. The van der Waals surface area contributed by atoms with Crippen LogP contribution in [-0.4, -0.2) is 54.5 Å². The van der Waals surface area contributed by atoms with Gasteiger partial charge in [-0.15, -0.1) is 11.3 Å². The summed E-state index contributed by atoms with van der Waals surface area (Å²) in [5.41, 5.74) is 0.807. The number of nitrogens with one attached hydrogen (secondary N) is 1. The van der Waals surface area contributed by atoms with Crippen molar-refractivity contribution in [3.05, 3.63) is 46.7 Å². The molecule has 0 radical (unpaired) electrons. The number of amides is 1. The van der Waals surface area contributed by atoms with E-state index in [1.807, 2.05) is 38.1 Å². The van der Waals surface area contributed by atoms with Crippen molar-refractivity contribution in [2.75, 3.05) is 38.1 Å². The maximum atomic E-state index is 12.6. The number of carbonyl (C=O) groups is 1. The van der Waals surface area contributed by atoms with Crippen LogP contribution in [0.1, 0.15) is 18.7 Å². The number of ether oxygens (including phenoxy) is 1. The highest BCUT2D eigenvalue weighted by Crippen LogP contribution is 2.17. The molecule has 26 heavy (non-hydrogen) atoms. The summed E-state index contributed by atoms with van der Waals surface area (Å²) in [6.45, 7) is 9.43. The molecule has 0 bridgehead atoms. The second-order valence-corrected chi connectivity index (χ2v) is 7.55. The Labute approximate surface area is 159 Å².